The van der Waals surface area contributed by atoms with Crippen molar-refractivity contribution < 1.29 is 9.53 Å². The Hall–Kier alpha value is -2.59. The molecule has 1 aliphatic carbocycles. The molecule has 1 atom stereocenters. The van der Waals surface area contributed by atoms with Crippen LogP contribution in [0.2, 0.25) is 0 Å². The molecule has 142 valence electrons. The Morgan fingerprint density at radius 1 is 1.11 bits per heavy atom. The third kappa shape index (κ3) is 5.69. The van der Waals surface area contributed by atoms with Crippen LogP contribution >= 0.6 is 0 Å². The quantitative estimate of drug-likeness (QED) is 0.658. The van der Waals surface area contributed by atoms with Gasteiger partial charge in [0.25, 0.3) is 0 Å². The van der Waals surface area contributed by atoms with Crippen molar-refractivity contribution in [3.8, 4) is 5.75 Å². The van der Waals surface area contributed by atoms with Crippen molar-refractivity contribution in [1.82, 2.24) is 5.32 Å². The molecule has 0 aromatic heterocycles. The van der Waals surface area contributed by atoms with Gasteiger partial charge in [-0.25, -0.2) is 0 Å². The lowest BCUT2D eigenvalue weighted by molar-refractivity contribution is -0.118. The summed E-state index contributed by atoms with van der Waals surface area (Å²) < 4.78 is 5.24. The molecule has 0 aliphatic heterocycles. The first-order valence-corrected chi connectivity index (χ1v) is 9.67. The van der Waals surface area contributed by atoms with E-state index in [4.69, 9.17) is 4.74 Å². The number of rotatable bonds is 8. The van der Waals surface area contributed by atoms with Crippen molar-refractivity contribution in [2.75, 3.05) is 19.0 Å². The molecule has 0 saturated heterocycles. The summed E-state index contributed by atoms with van der Waals surface area (Å²) in [5.74, 6) is 0.660. The van der Waals surface area contributed by atoms with Gasteiger partial charge in [0, 0.05) is 11.8 Å². The predicted octanol–water partition coefficient (Wildman–Crippen LogP) is 4.86. The van der Waals surface area contributed by atoms with Gasteiger partial charge in [-0.15, -0.1) is 0 Å². The predicted molar refractivity (Wildman–Crippen MR) is 110 cm³/mol. The Bertz CT molecular complexity index is 771. The highest BCUT2D eigenvalue weighted by Crippen LogP contribution is 2.22. The van der Waals surface area contributed by atoms with E-state index in [1.807, 2.05) is 54.6 Å². The number of hydrogen-bond acceptors (Lipinski definition) is 3. The van der Waals surface area contributed by atoms with Crippen molar-refractivity contribution in [2.24, 2.45) is 0 Å². The molecule has 0 radical (unpaired) electrons. The van der Waals surface area contributed by atoms with Gasteiger partial charge in [-0.05, 0) is 56.3 Å². The average molecular weight is 364 g/mol. The third-order valence-corrected chi connectivity index (χ3v) is 4.91. The van der Waals surface area contributed by atoms with E-state index >= 15 is 0 Å². The first-order chi connectivity index (χ1) is 13.3. The number of allylic oxidation sites excluding steroid dienone is 1. The highest BCUT2D eigenvalue weighted by Gasteiger charge is 2.20. The maximum absolute atomic E-state index is 13.0. The molecule has 3 rings (SSSR count). The van der Waals surface area contributed by atoms with E-state index in [1.54, 1.807) is 7.11 Å². The van der Waals surface area contributed by atoms with Gasteiger partial charge in [-0.1, -0.05) is 48.0 Å². The topological polar surface area (TPSA) is 50.4 Å². The van der Waals surface area contributed by atoms with Crippen molar-refractivity contribution in [3.05, 3.63) is 71.8 Å². The summed E-state index contributed by atoms with van der Waals surface area (Å²) in [6, 6.07) is 16.9. The normalized spacial score (nSPS) is 14.9. The summed E-state index contributed by atoms with van der Waals surface area (Å²) in [4.78, 5) is 13.0. The fourth-order valence-electron chi connectivity index (χ4n) is 3.43. The maximum atomic E-state index is 13.0. The number of nitrogens with one attached hydrogen (secondary N) is 2. The average Bonchev–Trinajstić information content (AvgIpc) is 2.72. The summed E-state index contributed by atoms with van der Waals surface area (Å²) in [5.41, 5.74) is 3.21. The lowest BCUT2D eigenvalue weighted by Crippen LogP contribution is -2.33. The summed E-state index contributed by atoms with van der Waals surface area (Å²) in [5, 5.41) is 6.46. The van der Waals surface area contributed by atoms with Crippen LogP contribution in [0.4, 0.5) is 5.69 Å². The largest absolute Gasteiger partial charge is 0.497 e. The van der Waals surface area contributed by atoms with E-state index in [0.29, 0.717) is 0 Å². The van der Waals surface area contributed by atoms with Gasteiger partial charge in [0.15, 0.2) is 0 Å². The van der Waals surface area contributed by atoms with Gasteiger partial charge in [-0.3, -0.25) is 4.79 Å². The zero-order valence-electron chi connectivity index (χ0n) is 15.9. The summed E-state index contributed by atoms with van der Waals surface area (Å²) in [6.07, 6.45) is 8.31. The van der Waals surface area contributed by atoms with Gasteiger partial charge >= 0.3 is 0 Å². The number of carbonyl (C=O) groups is 1. The first-order valence-electron chi connectivity index (χ1n) is 9.67. The molecule has 2 aromatic rings. The lowest BCUT2D eigenvalue weighted by Gasteiger charge is -2.20. The minimum absolute atomic E-state index is 0.0629. The van der Waals surface area contributed by atoms with Gasteiger partial charge in [-0.2, -0.15) is 0 Å². The molecule has 0 fully saturated rings. The molecule has 0 saturated carbocycles. The molecule has 4 heteroatoms. The van der Waals surface area contributed by atoms with E-state index in [9.17, 15) is 4.79 Å². The van der Waals surface area contributed by atoms with E-state index in [2.05, 4.69) is 16.7 Å². The van der Waals surface area contributed by atoms with E-state index in [0.717, 1.165) is 30.0 Å². The molecule has 0 spiro atoms. The van der Waals surface area contributed by atoms with Crippen molar-refractivity contribution >= 4 is 11.6 Å². The molecule has 0 bridgehead atoms. The minimum atomic E-state index is -0.387. The number of benzene rings is 2. The Balaban J connectivity index is 1.67. The van der Waals surface area contributed by atoms with Crippen molar-refractivity contribution in [3.63, 3.8) is 0 Å². The molecule has 1 unspecified atom stereocenters. The second-order valence-corrected chi connectivity index (χ2v) is 6.88. The fraction of sp³-hybridized carbons (Fsp3) is 0.348. The molecule has 1 amide bonds. The van der Waals surface area contributed by atoms with Crippen LogP contribution in [0.1, 0.15) is 43.7 Å². The standard InChI is InChI=1S/C23H28N2O2/c1-27-21-14-8-13-20(17-21)25-23(26)22(19-11-6-3-7-12-19)24-16-15-18-9-4-2-5-10-18/h3,6-9,11-14,17,22,24H,2,4-5,10,15-16H2,1H3,(H,25,26). The molecule has 2 aromatic carbocycles. The van der Waals surface area contributed by atoms with E-state index < -0.39 is 0 Å². The van der Waals surface area contributed by atoms with Crippen LogP contribution in [-0.4, -0.2) is 19.6 Å². The van der Waals surface area contributed by atoms with Crippen molar-refractivity contribution in [2.45, 2.75) is 38.1 Å². The van der Waals surface area contributed by atoms with Crippen LogP contribution < -0.4 is 15.4 Å². The zero-order chi connectivity index (χ0) is 18.9. The highest BCUT2D eigenvalue weighted by atomic mass is 16.5. The van der Waals surface area contributed by atoms with Crippen LogP contribution in [0.3, 0.4) is 0 Å². The molecule has 2 N–H and O–H groups in total. The number of amides is 1. The zero-order valence-corrected chi connectivity index (χ0v) is 15.9. The second-order valence-electron chi connectivity index (χ2n) is 6.88. The third-order valence-electron chi connectivity index (χ3n) is 4.91. The first kappa shape index (κ1) is 19.2. The van der Waals surface area contributed by atoms with Gasteiger partial charge in [0.05, 0.1) is 7.11 Å². The number of anilines is 1. The molecular weight excluding hydrogens is 336 g/mol. The van der Waals surface area contributed by atoms with Gasteiger partial charge in [0.1, 0.15) is 11.8 Å². The minimum Gasteiger partial charge on any atom is -0.497 e. The smallest absolute Gasteiger partial charge is 0.246 e. The van der Waals surface area contributed by atoms with Crippen LogP contribution in [0.5, 0.6) is 5.75 Å². The Labute approximate surface area is 161 Å². The van der Waals surface area contributed by atoms with Gasteiger partial charge < -0.3 is 15.4 Å². The van der Waals surface area contributed by atoms with E-state index in [-0.39, 0.29) is 11.9 Å². The Morgan fingerprint density at radius 3 is 2.70 bits per heavy atom. The molecule has 4 nitrogen and oxygen atoms in total. The van der Waals surface area contributed by atoms with Gasteiger partial charge in [0.2, 0.25) is 5.91 Å². The lowest BCUT2D eigenvalue weighted by atomic mass is 9.97. The maximum Gasteiger partial charge on any atom is 0.246 e. The number of hydrogen-bond donors (Lipinski definition) is 2. The highest BCUT2D eigenvalue weighted by molar-refractivity contribution is 5.95. The molecule has 0 heterocycles. The number of carbonyl (C=O) groups excluding carboxylic acids is 1. The Kier molecular flexibility index (Phi) is 7.05. The summed E-state index contributed by atoms with van der Waals surface area (Å²) >= 11 is 0. The van der Waals surface area contributed by atoms with E-state index in [1.165, 1.54) is 31.3 Å². The molecule has 27 heavy (non-hydrogen) atoms. The summed E-state index contributed by atoms with van der Waals surface area (Å²) in [6.45, 7) is 0.789. The molecular formula is C23H28N2O2. The van der Waals surface area contributed by atoms with Crippen molar-refractivity contribution in [1.29, 1.82) is 0 Å². The van der Waals surface area contributed by atoms with Crippen LogP contribution in [0.25, 0.3) is 0 Å². The summed E-state index contributed by atoms with van der Waals surface area (Å²) in [7, 11) is 1.62. The van der Waals surface area contributed by atoms with Crippen LogP contribution in [0.15, 0.2) is 66.2 Å². The van der Waals surface area contributed by atoms with Crippen LogP contribution in [-0.2, 0) is 4.79 Å². The fourth-order valence-corrected chi connectivity index (χ4v) is 3.43. The van der Waals surface area contributed by atoms with Crippen LogP contribution in [0, 0.1) is 0 Å². The SMILES string of the molecule is COc1cccc(NC(=O)C(NCCC2=CCCCC2)c2ccccc2)c1. The number of ether oxygens (including phenoxy) is 1. The Morgan fingerprint density at radius 2 is 1.96 bits per heavy atom. The molecule has 1 aliphatic rings. The monoisotopic (exact) mass is 364 g/mol. The second kappa shape index (κ2) is 9.93. The number of methoxy groups -OCH3 is 1.